The first kappa shape index (κ1) is 11.8. The van der Waals surface area contributed by atoms with E-state index in [2.05, 4.69) is 15.2 Å². The van der Waals surface area contributed by atoms with E-state index < -0.39 is 12.7 Å². The second-order valence-corrected chi connectivity index (χ2v) is 3.68. The molecular weight excluding hydrogens is 253 g/mol. The van der Waals surface area contributed by atoms with E-state index in [0.717, 1.165) is 4.57 Å². The highest BCUT2D eigenvalue weighted by Gasteiger charge is 2.30. The van der Waals surface area contributed by atoms with Crippen molar-refractivity contribution in [2.24, 2.45) is 0 Å². The number of hydrogen-bond donors (Lipinski definition) is 1. The number of rotatable bonds is 2. The van der Waals surface area contributed by atoms with Gasteiger partial charge in [-0.25, -0.2) is 0 Å². The van der Waals surface area contributed by atoms with Crippen LogP contribution in [0, 0.1) is 4.77 Å². The molecule has 0 bridgehead atoms. The Morgan fingerprint density at radius 1 is 1.29 bits per heavy atom. The number of aromatic nitrogens is 4. The van der Waals surface area contributed by atoms with E-state index in [0.29, 0.717) is 5.56 Å². The van der Waals surface area contributed by atoms with Gasteiger partial charge in [0.25, 0.3) is 0 Å². The standard InChI is InChI=1S/C9H7F3N4S/c10-9(11,12)5-16-7(14-15-8(16)17)6-1-3-13-4-2-6/h1-4H,5H2,(H,15,17). The molecule has 2 aromatic heterocycles. The molecule has 0 amide bonds. The maximum atomic E-state index is 12.4. The van der Waals surface area contributed by atoms with Gasteiger partial charge in [0.2, 0.25) is 0 Å². The fraction of sp³-hybridized carbons (Fsp3) is 0.222. The molecule has 0 radical (unpaired) electrons. The molecule has 90 valence electrons. The SMILES string of the molecule is FC(F)(F)Cn1c(-c2ccncc2)n[nH]c1=S. The molecule has 0 unspecified atom stereocenters. The molecule has 8 heteroatoms. The van der Waals surface area contributed by atoms with Gasteiger partial charge in [-0.1, -0.05) is 0 Å². The third-order valence-electron chi connectivity index (χ3n) is 2.03. The molecule has 0 aliphatic carbocycles. The molecule has 0 aliphatic heterocycles. The second kappa shape index (κ2) is 4.28. The number of nitrogens with one attached hydrogen (secondary N) is 1. The summed E-state index contributed by atoms with van der Waals surface area (Å²) in [6, 6.07) is 3.13. The Morgan fingerprint density at radius 3 is 2.53 bits per heavy atom. The fourth-order valence-corrected chi connectivity index (χ4v) is 1.56. The van der Waals surface area contributed by atoms with Gasteiger partial charge in [-0.05, 0) is 24.4 Å². The van der Waals surface area contributed by atoms with Gasteiger partial charge in [0.15, 0.2) is 10.6 Å². The quantitative estimate of drug-likeness (QED) is 0.844. The highest BCUT2D eigenvalue weighted by atomic mass is 32.1. The maximum Gasteiger partial charge on any atom is 0.406 e. The van der Waals surface area contributed by atoms with E-state index in [1.54, 1.807) is 12.1 Å². The molecule has 1 N–H and O–H groups in total. The smallest absolute Gasteiger partial charge is 0.291 e. The van der Waals surface area contributed by atoms with Crippen molar-refractivity contribution in [2.45, 2.75) is 12.7 Å². The van der Waals surface area contributed by atoms with Gasteiger partial charge in [-0.2, -0.15) is 18.3 Å². The van der Waals surface area contributed by atoms with Gasteiger partial charge in [-0.3, -0.25) is 14.6 Å². The van der Waals surface area contributed by atoms with E-state index in [9.17, 15) is 13.2 Å². The molecule has 2 heterocycles. The Morgan fingerprint density at radius 2 is 1.94 bits per heavy atom. The summed E-state index contributed by atoms with van der Waals surface area (Å²) in [7, 11) is 0. The lowest BCUT2D eigenvalue weighted by molar-refractivity contribution is -0.140. The zero-order valence-corrected chi connectivity index (χ0v) is 9.22. The van der Waals surface area contributed by atoms with Crippen LogP contribution in [0.1, 0.15) is 0 Å². The van der Waals surface area contributed by atoms with Crippen molar-refractivity contribution in [3.8, 4) is 11.4 Å². The predicted molar refractivity (Wildman–Crippen MR) is 56.7 cm³/mol. The van der Waals surface area contributed by atoms with Crippen LogP contribution >= 0.6 is 12.2 Å². The summed E-state index contributed by atoms with van der Waals surface area (Å²) in [4.78, 5) is 3.79. The molecule has 0 fully saturated rings. The maximum absolute atomic E-state index is 12.4. The Kier molecular flexibility index (Phi) is 2.97. The van der Waals surface area contributed by atoms with Gasteiger partial charge in [0, 0.05) is 18.0 Å². The summed E-state index contributed by atoms with van der Waals surface area (Å²) in [5.41, 5.74) is 0.525. The lowest BCUT2D eigenvalue weighted by atomic mass is 10.2. The van der Waals surface area contributed by atoms with Gasteiger partial charge >= 0.3 is 6.18 Å². The Balaban J connectivity index is 2.47. The van der Waals surface area contributed by atoms with Gasteiger partial charge in [-0.15, -0.1) is 0 Å². The fourth-order valence-electron chi connectivity index (χ4n) is 1.37. The zero-order valence-electron chi connectivity index (χ0n) is 8.40. The molecule has 0 atom stereocenters. The van der Waals surface area contributed by atoms with E-state index in [1.807, 2.05) is 0 Å². The van der Waals surface area contributed by atoms with Crippen LogP contribution in [0.25, 0.3) is 11.4 Å². The van der Waals surface area contributed by atoms with E-state index >= 15 is 0 Å². The lowest BCUT2D eigenvalue weighted by Gasteiger charge is -2.09. The number of aromatic amines is 1. The number of pyridine rings is 1. The molecule has 17 heavy (non-hydrogen) atoms. The van der Waals surface area contributed by atoms with Crippen LogP contribution in [0.4, 0.5) is 13.2 Å². The van der Waals surface area contributed by atoms with Crippen molar-refractivity contribution in [1.29, 1.82) is 0 Å². The van der Waals surface area contributed by atoms with Crippen LogP contribution in [0.15, 0.2) is 24.5 Å². The molecule has 2 aromatic rings. The summed E-state index contributed by atoms with van der Waals surface area (Å²) in [5.74, 6) is 0.148. The van der Waals surface area contributed by atoms with Crippen LogP contribution < -0.4 is 0 Å². The molecule has 0 aliphatic rings. The van der Waals surface area contributed by atoms with Crippen LogP contribution in [-0.2, 0) is 6.54 Å². The average molecular weight is 260 g/mol. The predicted octanol–water partition coefficient (Wildman–Crippen LogP) is 2.56. The molecule has 4 nitrogen and oxygen atoms in total. The summed E-state index contributed by atoms with van der Waals surface area (Å²) in [6.07, 6.45) is -1.39. The third kappa shape index (κ3) is 2.70. The number of nitrogens with zero attached hydrogens (tertiary/aromatic N) is 3. The number of hydrogen-bond acceptors (Lipinski definition) is 3. The summed E-state index contributed by atoms with van der Waals surface area (Å²) >= 11 is 4.77. The zero-order chi connectivity index (χ0) is 12.5. The highest BCUT2D eigenvalue weighted by Crippen LogP contribution is 2.22. The number of alkyl halides is 3. The van der Waals surface area contributed by atoms with Crippen molar-refractivity contribution in [3.63, 3.8) is 0 Å². The molecule has 2 rings (SSSR count). The van der Waals surface area contributed by atoms with Crippen molar-refractivity contribution in [1.82, 2.24) is 19.7 Å². The largest absolute Gasteiger partial charge is 0.406 e. The summed E-state index contributed by atoms with van der Waals surface area (Å²) in [6.45, 7) is -1.17. The highest BCUT2D eigenvalue weighted by molar-refractivity contribution is 7.71. The molecule has 0 saturated heterocycles. The van der Waals surface area contributed by atoms with Gasteiger partial charge in [0.1, 0.15) is 6.54 Å². The first-order chi connectivity index (χ1) is 7.97. The third-order valence-corrected chi connectivity index (χ3v) is 2.35. The number of halogens is 3. The number of H-pyrrole nitrogens is 1. The van der Waals surface area contributed by atoms with Crippen molar-refractivity contribution >= 4 is 12.2 Å². The first-order valence-electron chi connectivity index (χ1n) is 4.60. The van der Waals surface area contributed by atoms with Crippen molar-refractivity contribution < 1.29 is 13.2 Å². The molecular formula is C9H7F3N4S. The minimum absolute atomic E-state index is 0.0610. The van der Waals surface area contributed by atoms with Crippen LogP contribution in [0.2, 0.25) is 0 Å². The van der Waals surface area contributed by atoms with Gasteiger partial charge in [0.05, 0.1) is 0 Å². The monoisotopic (exact) mass is 260 g/mol. The minimum atomic E-state index is -4.34. The van der Waals surface area contributed by atoms with E-state index in [1.165, 1.54) is 12.4 Å². The van der Waals surface area contributed by atoms with Gasteiger partial charge < -0.3 is 0 Å². The summed E-state index contributed by atoms with van der Waals surface area (Å²) in [5, 5.41) is 6.14. The second-order valence-electron chi connectivity index (χ2n) is 3.29. The Bertz CT molecular complexity index is 558. The topological polar surface area (TPSA) is 46.5 Å². The molecule has 0 spiro atoms. The average Bonchev–Trinajstić information content (AvgIpc) is 2.60. The normalized spacial score (nSPS) is 11.7. The van der Waals surface area contributed by atoms with Crippen LogP contribution in [-0.4, -0.2) is 25.9 Å². The lowest BCUT2D eigenvalue weighted by Crippen LogP contribution is -2.18. The minimum Gasteiger partial charge on any atom is -0.291 e. The van der Waals surface area contributed by atoms with E-state index in [4.69, 9.17) is 12.2 Å². The first-order valence-corrected chi connectivity index (χ1v) is 5.00. The van der Waals surface area contributed by atoms with Crippen LogP contribution in [0.3, 0.4) is 0 Å². The Hall–Kier alpha value is -1.70. The van der Waals surface area contributed by atoms with Crippen LogP contribution in [0.5, 0.6) is 0 Å². The molecule has 0 saturated carbocycles. The Labute approximate surface area is 99.1 Å². The van der Waals surface area contributed by atoms with Crippen molar-refractivity contribution in [3.05, 3.63) is 29.3 Å². The van der Waals surface area contributed by atoms with Crippen molar-refractivity contribution in [2.75, 3.05) is 0 Å². The molecule has 0 aromatic carbocycles. The summed E-state index contributed by atoms with van der Waals surface area (Å²) < 4.78 is 38.0. The van der Waals surface area contributed by atoms with E-state index in [-0.39, 0.29) is 10.6 Å².